The molecule has 5 heteroatoms. The second-order valence-electron chi connectivity index (χ2n) is 4.04. The number of hydrogen-bond donors (Lipinski definition) is 0. The summed E-state index contributed by atoms with van der Waals surface area (Å²) in [6.07, 6.45) is 2.47. The van der Waals surface area contributed by atoms with Gasteiger partial charge in [0.25, 0.3) is 5.91 Å². The summed E-state index contributed by atoms with van der Waals surface area (Å²) in [5.74, 6) is -0.917. The molecule has 0 bridgehead atoms. The van der Waals surface area contributed by atoms with Crippen molar-refractivity contribution in [3.63, 3.8) is 0 Å². The average molecular weight is 264 g/mol. The Morgan fingerprint density at radius 3 is 2.89 bits per heavy atom. The number of nitrogens with zero attached hydrogens (tertiary/aromatic N) is 2. The molecule has 0 saturated carbocycles. The van der Waals surface area contributed by atoms with Gasteiger partial charge in [-0.15, -0.1) is 11.3 Å². The Labute approximate surface area is 109 Å². The molecule has 18 heavy (non-hydrogen) atoms. The Morgan fingerprint density at radius 1 is 1.50 bits per heavy atom. The predicted octanol–water partition coefficient (Wildman–Crippen LogP) is 2.86. The molecule has 0 saturated heterocycles. The van der Waals surface area contributed by atoms with Crippen molar-refractivity contribution in [2.24, 2.45) is 0 Å². The van der Waals surface area contributed by atoms with Crippen molar-refractivity contribution in [1.82, 2.24) is 9.88 Å². The van der Waals surface area contributed by atoms with Gasteiger partial charge in [0.05, 0.1) is 18.3 Å². The first-order valence-electron chi connectivity index (χ1n) is 5.47. The molecule has 1 amide bonds. The van der Waals surface area contributed by atoms with Gasteiger partial charge in [-0.05, 0) is 30.0 Å². The standard InChI is InChI=1S/C13H13FN2OS/c1-9-4-6-18-12(9)8-16(2)13(17)10-3-5-15-7-11(10)14/h3-7H,8H2,1-2H3. The SMILES string of the molecule is Cc1ccsc1CN(C)C(=O)c1ccncc1F. The minimum Gasteiger partial charge on any atom is -0.336 e. The highest BCUT2D eigenvalue weighted by Crippen LogP contribution is 2.18. The fraction of sp³-hybridized carbons (Fsp3) is 0.231. The molecule has 2 rings (SSSR count). The summed E-state index contributed by atoms with van der Waals surface area (Å²) in [7, 11) is 1.67. The van der Waals surface area contributed by atoms with E-state index < -0.39 is 5.82 Å². The predicted molar refractivity (Wildman–Crippen MR) is 69.0 cm³/mol. The van der Waals surface area contributed by atoms with Crippen molar-refractivity contribution in [1.29, 1.82) is 0 Å². The van der Waals surface area contributed by atoms with Gasteiger partial charge in [0.1, 0.15) is 0 Å². The van der Waals surface area contributed by atoms with Crippen LogP contribution in [0.1, 0.15) is 20.8 Å². The Bertz CT molecular complexity index is 568. The van der Waals surface area contributed by atoms with Crippen molar-refractivity contribution in [2.45, 2.75) is 13.5 Å². The van der Waals surface area contributed by atoms with Crippen molar-refractivity contribution in [3.8, 4) is 0 Å². The van der Waals surface area contributed by atoms with E-state index in [9.17, 15) is 9.18 Å². The van der Waals surface area contributed by atoms with Crippen LogP contribution in [0.2, 0.25) is 0 Å². The monoisotopic (exact) mass is 264 g/mol. The molecule has 0 aliphatic carbocycles. The largest absolute Gasteiger partial charge is 0.336 e. The topological polar surface area (TPSA) is 33.2 Å². The van der Waals surface area contributed by atoms with Gasteiger partial charge in [-0.25, -0.2) is 4.39 Å². The van der Waals surface area contributed by atoms with Crippen LogP contribution in [0, 0.1) is 12.7 Å². The normalized spacial score (nSPS) is 10.4. The molecule has 0 radical (unpaired) electrons. The quantitative estimate of drug-likeness (QED) is 0.854. The van der Waals surface area contributed by atoms with Gasteiger partial charge in [0, 0.05) is 18.1 Å². The van der Waals surface area contributed by atoms with E-state index in [1.54, 1.807) is 18.4 Å². The Morgan fingerprint density at radius 2 is 2.28 bits per heavy atom. The van der Waals surface area contributed by atoms with Crippen LogP contribution in [0.5, 0.6) is 0 Å². The zero-order valence-electron chi connectivity index (χ0n) is 10.2. The summed E-state index contributed by atoms with van der Waals surface area (Å²) < 4.78 is 13.5. The minimum atomic E-state index is -0.586. The van der Waals surface area contributed by atoms with Crippen LogP contribution in [-0.2, 0) is 6.54 Å². The summed E-state index contributed by atoms with van der Waals surface area (Å²) in [5, 5.41) is 1.98. The third-order valence-electron chi connectivity index (χ3n) is 2.70. The van der Waals surface area contributed by atoms with Gasteiger partial charge < -0.3 is 4.90 Å². The van der Waals surface area contributed by atoms with Crippen LogP contribution in [0.25, 0.3) is 0 Å². The van der Waals surface area contributed by atoms with Crippen molar-refractivity contribution in [2.75, 3.05) is 7.05 Å². The van der Waals surface area contributed by atoms with Crippen molar-refractivity contribution < 1.29 is 9.18 Å². The molecule has 94 valence electrons. The maximum absolute atomic E-state index is 13.5. The van der Waals surface area contributed by atoms with Crippen LogP contribution in [0.15, 0.2) is 29.9 Å². The first-order valence-corrected chi connectivity index (χ1v) is 6.35. The summed E-state index contributed by atoms with van der Waals surface area (Å²) in [5.41, 5.74) is 1.21. The van der Waals surface area contributed by atoms with E-state index in [-0.39, 0.29) is 11.5 Å². The molecule has 0 fully saturated rings. The number of amides is 1. The lowest BCUT2D eigenvalue weighted by Gasteiger charge is -2.17. The van der Waals surface area contributed by atoms with E-state index in [0.717, 1.165) is 16.6 Å². The molecule has 2 aromatic heterocycles. The lowest BCUT2D eigenvalue weighted by molar-refractivity contribution is 0.0781. The molecule has 2 aromatic rings. The lowest BCUT2D eigenvalue weighted by Crippen LogP contribution is -2.27. The molecule has 0 aromatic carbocycles. The molecular formula is C13H13FN2OS. The van der Waals surface area contributed by atoms with Crippen LogP contribution in [0.3, 0.4) is 0 Å². The van der Waals surface area contributed by atoms with Gasteiger partial charge in [-0.2, -0.15) is 0 Å². The van der Waals surface area contributed by atoms with Gasteiger partial charge >= 0.3 is 0 Å². The van der Waals surface area contributed by atoms with E-state index >= 15 is 0 Å². The van der Waals surface area contributed by atoms with E-state index in [1.165, 1.54) is 17.2 Å². The highest BCUT2D eigenvalue weighted by atomic mass is 32.1. The van der Waals surface area contributed by atoms with Gasteiger partial charge in [0.15, 0.2) is 5.82 Å². The van der Waals surface area contributed by atoms with Gasteiger partial charge in [0.2, 0.25) is 0 Å². The fourth-order valence-corrected chi connectivity index (χ4v) is 2.57. The Balaban J connectivity index is 2.15. The molecule has 0 spiro atoms. The number of rotatable bonds is 3. The van der Waals surface area contributed by atoms with Gasteiger partial charge in [-0.1, -0.05) is 0 Å². The number of hydrogen-bond acceptors (Lipinski definition) is 3. The first kappa shape index (κ1) is 12.7. The Hall–Kier alpha value is -1.75. The van der Waals surface area contributed by atoms with Crippen LogP contribution in [0.4, 0.5) is 4.39 Å². The molecule has 3 nitrogen and oxygen atoms in total. The molecule has 2 heterocycles. The number of carbonyl (C=O) groups is 1. The number of pyridine rings is 1. The highest BCUT2D eigenvalue weighted by molar-refractivity contribution is 7.10. The molecule has 0 aliphatic rings. The van der Waals surface area contributed by atoms with Crippen molar-refractivity contribution in [3.05, 3.63) is 51.7 Å². The van der Waals surface area contributed by atoms with Crippen molar-refractivity contribution >= 4 is 17.2 Å². The maximum atomic E-state index is 13.5. The number of aromatic nitrogens is 1. The third kappa shape index (κ3) is 2.56. The first-order chi connectivity index (χ1) is 8.59. The minimum absolute atomic E-state index is 0.0571. The molecule has 0 aliphatic heterocycles. The number of aryl methyl sites for hydroxylation is 1. The van der Waals surface area contributed by atoms with Crippen LogP contribution >= 0.6 is 11.3 Å². The second-order valence-corrected chi connectivity index (χ2v) is 5.04. The van der Waals surface area contributed by atoms with E-state index in [2.05, 4.69) is 4.98 Å². The van der Waals surface area contributed by atoms with E-state index in [4.69, 9.17) is 0 Å². The molecule has 0 unspecified atom stereocenters. The average Bonchev–Trinajstić information content (AvgIpc) is 2.75. The highest BCUT2D eigenvalue weighted by Gasteiger charge is 2.17. The third-order valence-corrected chi connectivity index (χ3v) is 3.71. The zero-order chi connectivity index (χ0) is 13.1. The van der Waals surface area contributed by atoms with Crippen LogP contribution in [-0.4, -0.2) is 22.8 Å². The molecule has 0 atom stereocenters. The summed E-state index contributed by atoms with van der Waals surface area (Å²) in [6.45, 7) is 2.49. The smallest absolute Gasteiger partial charge is 0.257 e. The van der Waals surface area contributed by atoms with Crippen LogP contribution < -0.4 is 0 Å². The van der Waals surface area contributed by atoms with Gasteiger partial charge in [-0.3, -0.25) is 9.78 Å². The number of carbonyl (C=O) groups excluding carboxylic acids is 1. The zero-order valence-corrected chi connectivity index (χ0v) is 11.0. The molecular weight excluding hydrogens is 251 g/mol. The summed E-state index contributed by atoms with van der Waals surface area (Å²) >= 11 is 1.59. The Kier molecular flexibility index (Phi) is 3.72. The number of halogens is 1. The van der Waals surface area contributed by atoms with E-state index in [0.29, 0.717) is 6.54 Å². The summed E-state index contributed by atoms with van der Waals surface area (Å²) in [6, 6.07) is 3.40. The van der Waals surface area contributed by atoms with E-state index in [1.807, 2.05) is 18.4 Å². The second kappa shape index (κ2) is 5.27. The fourth-order valence-electron chi connectivity index (χ4n) is 1.61. The maximum Gasteiger partial charge on any atom is 0.257 e. The number of thiophene rings is 1. The molecule has 0 N–H and O–H groups in total. The summed E-state index contributed by atoms with van der Waals surface area (Å²) in [4.78, 5) is 18.3. The lowest BCUT2D eigenvalue weighted by atomic mass is 10.2.